The molecule has 0 spiro atoms. The topological polar surface area (TPSA) is 95.9 Å². The molecule has 0 bridgehead atoms. The fourth-order valence-corrected chi connectivity index (χ4v) is 6.24. The number of nitrogens with zero attached hydrogens (tertiary/aromatic N) is 4. The Kier molecular flexibility index (Phi) is 8.71. The van der Waals surface area contributed by atoms with E-state index in [9.17, 15) is 13.5 Å². The average Bonchev–Trinajstić information content (AvgIpc) is 2.90. The Morgan fingerprint density at radius 2 is 1.84 bits per heavy atom. The highest BCUT2D eigenvalue weighted by Crippen LogP contribution is 2.34. The maximum absolute atomic E-state index is 13.7. The third-order valence-electron chi connectivity index (χ3n) is 6.52. The van der Waals surface area contributed by atoms with Crippen molar-refractivity contribution >= 4 is 22.2 Å². The summed E-state index contributed by atoms with van der Waals surface area (Å²) in [6, 6.07) is 14.5. The number of aliphatic hydroxyl groups is 1. The summed E-state index contributed by atoms with van der Waals surface area (Å²) in [6.07, 6.45) is 8.70. The first-order valence-electron chi connectivity index (χ1n) is 12.4. The molecule has 0 unspecified atom stereocenters. The third kappa shape index (κ3) is 6.61. The Bertz CT molecular complexity index is 1300. The van der Waals surface area contributed by atoms with E-state index in [1.165, 1.54) is 10.6 Å². The predicted octanol–water partition coefficient (Wildman–Crippen LogP) is 3.55. The number of aromatic nitrogens is 2. The lowest BCUT2D eigenvalue weighted by atomic mass is 10.0. The van der Waals surface area contributed by atoms with Crippen LogP contribution in [0.15, 0.2) is 72.1 Å². The average molecular weight is 523 g/mol. The molecule has 0 amide bonds. The van der Waals surface area contributed by atoms with Gasteiger partial charge in [-0.15, -0.1) is 0 Å². The van der Waals surface area contributed by atoms with E-state index in [0.717, 1.165) is 16.7 Å². The van der Waals surface area contributed by atoms with Crippen molar-refractivity contribution in [1.82, 2.24) is 19.2 Å². The first-order chi connectivity index (χ1) is 17.8. The van der Waals surface area contributed by atoms with Crippen molar-refractivity contribution in [1.29, 1.82) is 0 Å². The lowest BCUT2D eigenvalue weighted by Crippen LogP contribution is -2.49. The normalized spacial score (nSPS) is 20.7. The van der Waals surface area contributed by atoms with E-state index in [1.54, 1.807) is 37.5 Å². The number of aliphatic hydroxyl groups excluding tert-OH is 1. The van der Waals surface area contributed by atoms with Gasteiger partial charge in [0.2, 0.25) is 10.0 Å². The summed E-state index contributed by atoms with van der Waals surface area (Å²) in [7, 11) is -1.88. The van der Waals surface area contributed by atoms with Crippen molar-refractivity contribution in [2.45, 2.75) is 37.4 Å². The van der Waals surface area contributed by atoms with Gasteiger partial charge in [-0.1, -0.05) is 55.5 Å². The lowest BCUT2D eigenvalue weighted by molar-refractivity contribution is 0.0733. The third-order valence-corrected chi connectivity index (χ3v) is 8.54. The number of hydrogen-bond acceptors (Lipinski definition) is 7. The fraction of sp³-hybridized carbons (Fsp3) is 0.357. The number of likely N-dealkylation sites (N-methyl/N-ethyl adjacent to an activating group) is 1. The van der Waals surface area contributed by atoms with Crippen molar-refractivity contribution in [2.24, 2.45) is 5.92 Å². The van der Waals surface area contributed by atoms with E-state index in [-0.39, 0.29) is 30.1 Å². The Morgan fingerprint density at radius 3 is 2.54 bits per heavy atom. The molecule has 1 aliphatic rings. The van der Waals surface area contributed by atoms with Crippen LogP contribution in [0.3, 0.4) is 0 Å². The molecule has 37 heavy (non-hydrogen) atoms. The first-order valence-corrected chi connectivity index (χ1v) is 13.8. The SMILES string of the molecule is C[C@H]1CN([C@@H](C)CO)S(=O)(=O)c2ccc(/C=C/c3ccccc3)cc2O[C@@H]1CN(C)Cc1cncnc1. The summed E-state index contributed by atoms with van der Waals surface area (Å²) in [5.41, 5.74) is 2.86. The number of sulfonamides is 1. The Hall–Kier alpha value is -3.11. The highest BCUT2D eigenvalue weighted by molar-refractivity contribution is 7.89. The molecule has 0 radical (unpaired) electrons. The van der Waals surface area contributed by atoms with E-state index >= 15 is 0 Å². The van der Waals surface area contributed by atoms with Crippen LogP contribution in [0.5, 0.6) is 5.75 Å². The van der Waals surface area contributed by atoms with Gasteiger partial charge in [-0.3, -0.25) is 4.90 Å². The number of fused-ring (bicyclic) bond motifs is 1. The molecule has 0 saturated carbocycles. The van der Waals surface area contributed by atoms with Gasteiger partial charge in [0.15, 0.2) is 0 Å². The van der Waals surface area contributed by atoms with Crippen molar-refractivity contribution in [2.75, 3.05) is 26.7 Å². The molecular formula is C28H34N4O4S. The van der Waals surface area contributed by atoms with Gasteiger partial charge in [0.25, 0.3) is 0 Å². The van der Waals surface area contributed by atoms with Gasteiger partial charge in [-0.2, -0.15) is 4.31 Å². The summed E-state index contributed by atoms with van der Waals surface area (Å²) < 4.78 is 35.2. The molecule has 196 valence electrons. The van der Waals surface area contributed by atoms with Crippen LogP contribution in [0.4, 0.5) is 0 Å². The van der Waals surface area contributed by atoms with Gasteiger partial charge in [0, 0.05) is 49.6 Å². The van der Waals surface area contributed by atoms with Crippen LogP contribution in [0.1, 0.15) is 30.5 Å². The molecule has 0 saturated heterocycles. The molecule has 3 aromatic rings. The summed E-state index contributed by atoms with van der Waals surface area (Å²) >= 11 is 0. The Morgan fingerprint density at radius 1 is 1.14 bits per heavy atom. The van der Waals surface area contributed by atoms with Gasteiger partial charge in [0.1, 0.15) is 23.1 Å². The molecule has 1 aromatic heterocycles. The molecule has 1 N–H and O–H groups in total. The molecule has 4 rings (SSSR count). The fourth-order valence-electron chi connectivity index (χ4n) is 4.42. The zero-order chi connectivity index (χ0) is 26.4. The Labute approximate surface area is 219 Å². The molecule has 8 nitrogen and oxygen atoms in total. The van der Waals surface area contributed by atoms with E-state index in [4.69, 9.17) is 4.74 Å². The summed E-state index contributed by atoms with van der Waals surface area (Å²) in [5.74, 6) is 0.188. The number of ether oxygens (including phenoxy) is 1. The van der Waals surface area contributed by atoms with Crippen molar-refractivity contribution in [3.8, 4) is 5.75 Å². The van der Waals surface area contributed by atoms with E-state index in [2.05, 4.69) is 14.9 Å². The smallest absolute Gasteiger partial charge is 0.247 e. The highest BCUT2D eigenvalue weighted by atomic mass is 32.2. The molecule has 2 aromatic carbocycles. The maximum atomic E-state index is 13.7. The van der Waals surface area contributed by atoms with Gasteiger partial charge >= 0.3 is 0 Å². The van der Waals surface area contributed by atoms with Gasteiger partial charge in [-0.25, -0.2) is 18.4 Å². The van der Waals surface area contributed by atoms with E-state index < -0.39 is 16.1 Å². The quantitative estimate of drug-likeness (QED) is 0.452. The van der Waals surface area contributed by atoms with Crippen molar-refractivity contribution in [3.05, 3.63) is 83.9 Å². The zero-order valence-corrected chi connectivity index (χ0v) is 22.3. The van der Waals surface area contributed by atoms with Crippen LogP contribution in [0.25, 0.3) is 12.2 Å². The highest BCUT2D eigenvalue weighted by Gasteiger charge is 2.38. The minimum atomic E-state index is -3.88. The van der Waals surface area contributed by atoms with Crippen molar-refractivity contribution in [3.63, 3.8) is 0 Å². The van der Waals surface area contributed by atoms with Gasteiger partial charge < -0.3 is 9.84 Å². The van der Waals surface area contributed by atoms with Crippen LogP contribution in [-0.4, -0.2) is 71.6 Å². The molecule has 0 fully saturated rings. The summed E-state index contributed by atoms with van der Waals surface area (Å²) in [4.78, 5) is 10.4. The number of rotatable bonds is 8. The van der Waals surface area contributed by atoms with Crippen molar-refractivity contribution < 1.29 is 18.3 Å². The minimum absolute atomic E-state index is 0.112. The van der Waals surface area contributed by atoms with Gasteiger partial charge in [-0.05, 0) is 37.2 Å². The number of benzene rings is 2. The van der Waals surface area contributed by atoms with Crippen LogP contribution in [0, 0.1) is 5.92 Å². The van der Waals surface area contributed by atoms with Gasteiger partial charge in [0.05, 0.1) is 6.61 Å². The predicted molar refractivity (Wildman–Crippen MR) is 144 cm³/mol. The monoisotopic (exact) mass is 522 g/mol. The molecule has 2 heterocycles. The van der Waals surface area contributed by atoms with Crippen LogP contribution < -0.4 is 4.74 Å². The minimum Gasteiger partial charge on any atom is -0.487 e. The van der Waals surface area contributed by atoms with E-state index in [1.807, 2.05) is 56.5 Å². The van der Waals surface area contributed by atoms with E-state index in [0.29, 0.717) is 18.8 Å². The molecule has 1 aliphatic heterocycles. The Balaban J connectivity index is 1.68. The second-order valence-corrected chi connectivity index (χ2v) is 11.5. The maximum Gasteiger partial charge on any atom is 0.247 e. The van der Waals surface area contributed by atoms with Crippen LogP contribution in [-0.2, 0) is 16.6 Å². The molecule has 0 aliphatic carbocycles. The second kappa shape index (κ2) is 12.0. The summed E-state index contributed by atoms with van der Waals surface area (Å²) in [6.45, 7) is 4.89. The lowest BCUT2D eigenvalue weighted by Gasteiger charge is -2.37. The van der Waals surface area contributed by atoms with Crippen LogP contribution >= 0.6 is 0 Å². The molecule has 9 heteroatoms. The van der Waals surface area contributed by atoms with Crippen LogP contribution in [0.2, 0.25) is 0 Å². The largest absolute Gasteiger partial charge is 0.487 e. The first kappa shape index (κ1) is 26.9. The molecular weight excluding hydrogens is 488 g/mol. The second-order valence-electron chi connectivity index (χ2n) is 9.63. The standard InChI is InChI=1S/C28H34N4O4S/c1-21-16-32(22(2)19-33)37(34,35)28-12-11-24(10-9-23-7-5-4-6-8-23)13-26(28)36-27(21)18-31(3)17-25-14-29-20-30-15-25/h4-15,20-22,27,33H,16-19H2,1-3H3/b10-9+/t21-,22-,27+/m0/s1. The summed E-state index contributed by atoms with van der Waals surface area (Å²) in [5, 5.41) is 9.85. The molecule has 3 atom stereocenters. The zero-order valence-electron chi connectivity index (χ0n) is 21.4. The number of hydrogen-bond donors (Lipinski definition) is 1.